The van der Waals surface area contributed by atoms with Gasteiger partial charge in [-0.1, -0.05) is 29.3 Å². The molecule has 2 aromatic rings. The number of aryl methyl sites for hydroxylation is 1. The summed E-state index contributed by atoms with van der Waals surface area (Å²) in [5.74, 6) is 5.63. The van der Waals surface area contributed by atoms with Crippen molar-refractivity contribution in [2.24, 2.45) is 5.84 Å². The van der Waals surface area contributed by atoms with Crippen LogP contribution in [0.1, 0.15) is 22.0 Å². The van der Waals surface area contributed by atoms with Crippen LogP contribution in [0.25, 0.3) is 0 Å². The summed E-state index contributed by atoms with van der Waals surface area (Å²) in [5.41, 5.74) is 5.03. The molecular weight excluding hydrogens is 275 g/mol. The summed E-state index contributed by atoms with van der Waals surface area (Å²) in [6.07, 6.45) is 0. The number of benzene rings is 1. The molecule has 0 fully saturated rings. The van der Waals surface area contributed by atoms with Gasteiger partial charge in [0.15, 0.2) is 0 Å². The Balaban J connectivity index is 2.42. The van der Waals surface area contributed by atoms with E-state index in [1.165, 1.54) is 11.3 Å². The van der Waals surface area contributed by atoms with Gasteiger partial charge in [0.2, 0.25) is 0 Å². The number of nitrogens with two attached hydrogens (primary N) is 1. The molecule has 2 nitrogen and oxygen atoms in total. The topological polar surface area (TPSA) is 38.0 Å². The highest BCUT2D eigenvalue weighted by Gasteiger charge is 2.16. The lowest BCUT2D eigenvalue weighted by atomic mass is 10.0. The van der Waals surface area contributed by atoms with E-state index in [-0.39, 0.29) is 6.04 Å². The van der Waals surface area contributed by atoms with Crippen molar-refractivity contribution in [2.75, 3.05) is 0 Å². The number of hydrogen-bond acceptors (Lipinski definition) is 3. The van der Waals surface area contributed by atoms with Gasteiger partial charge in [0.1, 0.15) is 0 Å². The smallest absolute Gasteiger partial charge is 0.0931 e. The highest BCUT2D eigenvalue weighted by Crippen LogP contribution is 2.32. The minimum atomic E-state index is -0.0511. The molecule has 0 saturated carbocycles. The molecule has 0 aliphatic rings. The van der Waals surface area contributed by atoms with E-state index in [2.05, 4.69) is 5.43 Å². The van der Waals surface area contributed by atoms with E-state index in [1.807, 2.05) is 37.3 Å². The molecule has 0 saturated heterocycles. The van der Waals surface area contributed by atoms with Crippen molar-refractivity contribution in [1.82, 2.24) is 5.43 Å². The Labute approximate surface area is 114 Å². The molecule has 3 N–H and O–H groups in total. The number of hydrogen-bond donors (Lipinski definition) is 2. The van der Waals surface area contributed by atoms with Crippen molar-refractivity contribution >= 4 is 34.5 Å². The third-order valence-corrected chi connectivity index (χ3v) is 4.12. The first-order valence-electron chi connectivity index (χ1n) is 5.09. The molecule has 1 unspecified atom stereocenters. The zero-order valence-corrected chi connectivity index (χ0v) is 11.5. The second-order valence-electron chi connectivity index (χ2n) is 3.74. The van der Waals surface area contributed by atoms with Crippen LogP contribution in [-0.2, 0) is 0 Å². The highest BCUT2D eigenvalue weighted by atomic mass is 35.5. The van der Waals surface area contributed by atoms with Crippen molar-refractivity contribution in [1.29, 1.82) is 0 Å². The molecule has 1 heterocycles. The molecule has 5 heteroatoms. The Morgan fingerprint density at radius 2 is 2.00 bits per heavy atom. The van der Waals surface area contributed by atoms with Crippen LogP contribution in [0.3, 0.4) is 0 Å². The number of halogens is 2. The molecule has 2 rings (SSSR count). The fourth-order valence-electron chi connectivity index (χ4n) is 1.77. The Bertz CT molecular complexity index is 525. The lowest BCUT2D eigenvalue weighted by Gasteiger charge is -2.17. The Kier molecular flexibility index (Phi) is 4.07. The molecule has 1 aromatic heterocycles. The third-order valence-electron chi connectivity index (χ3n) is 2.59. The number of thiophene rings is 1. The van der Waals surface area contributed by atoms with Crippen molar-refractivity contribution in [2.45, 2.75) is 13.0 Å². The van der Waals surface area contributed by atoms with Crippen LogP contribution in [0.15, 0.2) is 30.3 Å². The van der Waals surface area contributed by atoms with Crippen molar-refractivity contribution in [3.63, 3.8) is 0 Å². The van der Waals surface area contributed by atoms with E-state index in [0.29, 0.717) is 0 Å². The normalized spacial score (nSPS) is 12.7. The first-order valence-corrected chi connectivity index (χ1v) is 6.66. The zero-order valence-electron chi connectivity index (χ0n) is 9.21. The third kappa shape index (κ3) is 2.81. The van der Waals surface area contributed by atoms with E-state index in [0.717, 1.165) is 25.4 Å². The van der Waals surface area contributed by atoms with Gasteiger partial charge in [-0.25, -0.2) is 5.43 Å². The number of hydrazine groups is 1. The lowest BCUT2D eigenvalue weighted by Crippen LogP contribution is -2.28. The van der Waals surface area contributed by atoms with E-state index >= 15 is 0 Å². The van der Waals surface area contributed by atoms with Crippen LogP contribution in [0.4, 0.5) is 0 Å². The Morgan fingerprint density at radius 3 is 2.53 bits per heavy atom. The zero-order chi connectivity index (χ0) is 12.4. The summed E-state index contributed by atoms with van der Waals surface area (Å²) >= 11 is 13.4. The van der Waals surface area contributed by atoms with Crippen LogP contribution < -0.4 is 11.3 Å². The second-order valence-corrected chi connectivity index (χ2v) is 5.93. The Hall–Kier alpha value is -0.580. The summed E-state index contributed by atoms with van der Waals surface area (Å²) < 4.78 is 0.756. The van der Waals surface area contributed by atoms with E-state index in [9.17, 15) is 0 Å². The van der Waals surface area contributed by atoms with Crippen LogP contribution in [0.5, 0.6) is 0 Å². The van der Waals surface area contributed by atoms with Gasteiger partial charge < -0.3 is 0 Å². The maximum absolute atomic E-state index is 5.94. The van der Waals surface area contributed by atoms with E-state index in [1.54, 1.807) is 0 Å². The van der Waals surface area contributed by atoms with E-state index < -0.39 is 0 Å². The van der Waals surface area contributed by atoms with Crippen molar-refractivity contribution in [3.8, 4) is 0 Å². The van der Waals surface area contributed by atoms with Gasteiger partial charge >= 0.3 is 0 Å². The first kappa shape index (κ1) is 12.9. The molecule has 1 aromatic carbocycles. The molecule has 17 heavy (non-hydrogen) atoms. The largest absolute Gasteiger partial charge is 0.271 e. The average Bonchev–Trinajstić information content (AvgIpc) is 2.69. The standard InChI is InChI=1S/C12H12Cl2N2S/c1-7-6-8(13)2-3-9(7)12(16-15)10-4-5-11(14)17-10/h2-6,12,16H,15H2,1H3. The van der Waals surface area contributed by atoms with Gasteiger partial charge in [0, 0.05) is 9.90 Å². The molecule has 90 valence electrons. The second kappa shape index (κ2) is 5.38. The molecule has 1 atom stereocenters. The quantitative estimate of drug-likeness (QED) is 0.663. The minimum Gasteiger partial charge on any atom is -0.271 e. The van der Waals surface area contributed by atoms with Crippen LogP contribution in [-0.4, -0.2) is 0 Å². The van der Waals surface area contributed by atoms with Gasteiger partial charge in [-0.05, 0) is 42.3 Å². The first-order chi connectivity index (χ1) is 8.11. The highest BCUT2D eigenvalue weighted by molar-refractivity contribution is 7.16. The summed E-state index contributed by atoms with van der Waals surface area (Å²) in [4.78, 5) is 1.09. The summed E-state index contributed by atoms with van der Waals surface area (Å²) in [6.45, 7) is 2.01. The molecule has 0 aliphatic heterocycles. The predicted molar refractivity (Wildman–Crippen MR) is 74.7 cm³/mol. The minimum absolute atomic E-state index is 0.0511. The lowest BCUT2D eigenvalue weighted by molar-refractivity contribution is 0.643. The van der Waals surface area contributed by atoms with Crippen molar-refractivity contribution < 1.29 is 0 Å². The Morgan fingerprint density at radius 1 is 1.24 bits per heavy atom. The molecule has 0 bridgehead atoms. The predicted octanol–water partition coefficient (Wildman–Crippen LogP) is 3.92. The monoisotopic (exact) mass is 286 g/mol. The van der Waals surface area contributed by atoms with Gasteiger partial charge in [-0.3, -0.25) is 5.84 Å². The number of nitrogens with one attached hydrogen (secondary N) is 1. The molecule has 0 aliphatic carbocycles. The van der Waals surface area contributed by atoms with Gasteiger partial charge in [0.05, 0.1) is 10.4 Å². The maximum Gasteiger partial charge on any atom is 0.0931 e. The summed E-state index contributed by atoms with van der Waals surface area (Å²) in [6, 6.07) is 9.57. The van der Waals surface area contributed by atoms with Crippen molar-refractivity contribution in [3.05, 3.63) is 55.7 Å². The summed E-state index contributed by atoms with van der Waals surface area (Å²) in [5, 5.41) is 0.728. The summed E-state index contributed by atoms with van der Waals surface area (Å²) in [7, 11) is 0. The SMILES string of the molecule is Cc1cc(Cl)ccc1C(NN)c1ccc(Cl)s1. The van der Waals surface area contributed by atoms with Gasteiger partial charge in [-0.15, -0.1) is 11.3 Å². The molecule has 0 radical (unpaired) electrons. The molecule has 0 amide bonds. The number of rotatable bonds is 3. The fraction of sp³-hybridized carbons (Fsp3) is 0.167. The van der Waals surface area contributed by atoms with E-state index in [4.69, 9.17) is 29.0 Å². The maximum atomic E-state index is 5.94. The van der Waals surface area contributed by atoms with Crippen LogP contribution in [0.2, 0.25) is 9.36 Å². The van der Waals surface area contributed by atoms with Crippen LogP contribution >= 0.6 is 34.5 Å². The average molecular weight is 287 g/mol. The fourth-order valence-corrected chi connectivity index (χ4v) is 3.14. The molecule has 0 spiro atoms. The molecular formula is C12H12Cl2N2S. The van der Waals surface area contributed by atoms with Gasteiger partial charge in [0.25, 0.3) is 0 Å². The van der Waals surface area contributed by atoms with Crippen LogP contribution in [0, 0.1) is 6.92 Å². The van der Waals surface area contributed by atoms with Gasteiger partial charge in [-0.2, -0.15) is 0 Å².